The Labute approximate surface area is 176 Å². The third-order valence-corrected chi connectivity index (χ3v) is 7.07. The third-order valence-electron chi connectivity index (χ3n) is 4.04. The molecule has 0 fully saturated rings. The van der Waals surface area contributed by atoms with Crippen LogP contribution in [0.5, 0.6) is 0 Å². The number of anilines is 1. The molecule has 29 heavy (non-hydrogen) atoms. The van der Waals surface area contributed by atoms with Gasteiger partial charge >= 0.3 is 7.60 Å². The molecule has 0 aliphatic heterocycles. The summed E-state index contributed by atoms with van der Waals surface area (Å²) in [6, 6.07) is 9.50. The number of rotatable bonds is 5. The molecule has 0 bridgehead atoms. The number of nitrogens with zero attached hydrogens (tertiary/aromatic N) is 2. The van der Waals surface area contributed by atoms with Gasteiger partial charge in [-0.25, -0.2) is 8.42 Å². The smallest absolute Gasteiger partial charge is 0.323 e. The average molecular weight is 477 g/mol. The van der Waals surface area contributed by atoms with Crippen LogP contribution in [0.25, 0.3) is 10.9 Å². The number of halogens is 2. The van der Waals surface area contributed by atoms with E-state index in [1.807, 2.05) is 0 Å². The van der Waals surface area contributed by atoms with Crippen molar-refractivity contribution in [1.82, 2.24) is 4.57 Å². The summed E-state index contributed by atoms with van der Waals surface area (Å²) < 4.78 is 40.0. The van der Waals surface area contributed by atoms with E-state index < -0.39 is 23.9 Å². The van der Waals surface area contributed by atoms with Gasteiger partial charge in [-0.1, -0.05) is 23.2 Å². The summed E-state index contributed by atoms with van der Waals surface area (Å²) in [6.07, 6.45) is 0.438. The van der Waals surface area contributed by atoms with Gasteiger partial charge in [-0.3, -0.25) is 18.2 Å². The van der Waals surface area contributed by atoms with Gasteiger partial charge < -0.3 is 9.79 Å². The standard InChI is InChI=1S/C17H15Cl2N2O6PS/c1-11(22)20-5-4-12-6-15(2-3-17(12)20)21(10-28(23,24)25)29(26,27)16-8-13(18)7-14(19)9-16/h2-9H,10H2,1H3,(H2,23,24,25). The first-order chi connectivity index (χ1) is 13.4. The lowest BCUT2D eigenvalue weighted by Gasteiger charge is -2.25. The number of sulfonamides is 1. The van der Waals surface area contributed by atoms with Gasteiger partial charge in [0.1, 0.15) is 6.29 Å². The van der Waals surface area contributed by atoms with E-state index in [4.69, 9.17) is 23.2 Å². The zero-order valence-corrected chi connectivity index (χ0v) is 18.1. The van der Waals surface area contributed by atoms with Crippen LogP contribution in [-0.4, -0.2) is 35.0 Å². The Morgan fingerprint density at radius 2 is 1.72 bits per heavy atom. The molecule has 0 spiro atoms. The average Bonchev–Trinajstić information content (AvgIpc) is 3.01. The van der Waals surface area contributed by atoms with Crippen LogP contribution < -0.4 is 4.31 Å². The second kappa shape index (κ2) is 7.75. The number of hydrogen-bond donors (Lipinski definition) is 2. The lowest BCUT2D eigenvalue weighted by Crippen LogP contribution is -2.32. The topological polar surface area (TPSA) is 117 Å². The highest BCUT2D eigenvalue weighted by Crippen LogP contribution is 2.40. The van der Waals surface area contributed by atoms with E-state index in [9.17, 15) is 27.6 Å². The second-order valence-corrected chi connectivity index (χ2v) is 10.6. The van der Waals surface area contributed by atoms with Crippen molar-refractivity contribution in [1.29, 1.82) is 0 Å². The minimum Gasteiger partial charge on any atom is -0.323 e. The molecular weight excluding hydrogens is 462 g/mol. The Balaban J connectivity index is 2.18. The van der Waals surface area contributed by atoms with Crippen LogP contribution in [0, 0.1) is 0 Å². The summed E-state index contributed by atoms with van der Waals surface area (Å²) in [5.74, 6) is -0.235. The second-order valence-electron chi connectivity index (χ2n) is 6.21. The predicted octanol–water partition coefficient (Wildman–Crippen LogP) is 3.94. The lowest BCUT2D eigenvalue weighted by atomic mass is 10.2. The van der Waals surface area contributed by atoms with E-state index in [1.54, 1.807) is 6.07 Å². The first kappa shape index (κ1) is 21.8. The van der Waals surface area contributed by atoms with Gasteiger partial charge in [0.2, 0.25) is 5.91 Å². The molecule has 1 aromatic heterocycles. The van der Waals surface area contributed by atoms with Gasteiger partial charge in [0.25, 0.3) is 10.0 Å². The Bertz CT molecular complexity index is 1250. The summed E-state index contributed by atoms with van der Waals surface area (Å²) in [4.78, 5) is 30.3. The van der Waals surface area contributed by atoms with E-state index in [0.717, 1.165) is 12.1 Å². The summed E-state index contributed by atoms with van der Waals surface area (Å²) in [7, 11) is -9.19. The summed E-state index contributed by atoms with van der Waals surface area (Å²) in [5, 5.41) is 0.634. The third kappa shape index (κ3) is 4.66. The molecule has 1 heterocycles. The molecule has 2 N–H and O–H groups in total. The number of carbonyl (C=O) groups excluding carboxylic acids is 1. The highest BCUT2D eigenvalue weighted by atomic mass is 35.5. The molecule has 3 rings (SSSR count). The van der Waals surface area contributed by atoms with Gasteiger partial charge in [-0.05, 0) is 42.5 Å². The number of hydrogen-bond acceptors (Lipinski definition) is 4. The first-order valence-corrected chi connectivity index (χ1v) is 12.0. The largest absolute Gasteiger partial charge is 0.345 e. The van der Waals surface area contributed by atoms with Gasteiger partial charge in [-0.2, -0.15) is 0 Å². The van der Waals surface area contributed by atoms with Crippen molar-refractivity contribution in [3.8, 4) is 0 Å². The maximum absolute atomic E-state index is 13.2. The van der Waals surface area contributed by atoms with E-state index in [-0.39, 0.29) is 26.5 Å². The fourth-order valence-electron chi connectivity index (χ4n) is 2.83. The molecule has 8 nitrogen and oxygen atoms in total. The predicted molar refractivity (Wildman–Crippen MR) is 111 cm³/mol. The number of aromatic nitrogens is 1. The Morgan fingerprint density at radius 3 is 2.28 bits per heavy atom. The van der Waals surface area contributed by atoms with Crippen molar-refractivity contribution < 1.29 is 27.6 Å². The van der Waals surface area contributed by atoms with Crippen LogP contribution in [0.3, 0.4) is 0 Å². The molecule has 0 atom stereocenters. The zero-order valence-electron chi connectivity index (χ0n) is 14.9. The van der Waals surface area contributed by atoms with Crippen molar-refractivity contribution in [3.05, 3.63) is 58.7 Å². The Morgan fingerprint density at radius 1 is 1.10 bits per heavy atom. The fourth-order valence-corrected chi connectivity index (χ4v) is 6.24. The molecule has 2 aromatic carbocycles. The summed E-state index contributed by atoms with van der Waals surface area (Å²) in [5.41, 5.74) is 0.541. The number of benzene rings is 2. The van der Waals surface area contributed by atoms with Crippen LogP contribution in [0.1, 0.15) is 11.7 Å². The van der Waals surface area contributed by atoms with Gasteiger partial charge in [0.15, 0.2) is 0 Å². The summed E-state index contributed by atoms with van der Waals surface area (Å²) >= 11 is 11.8. The van der Waals surface area contributed by atoms with Crippen LogP contribution in [0.2, 0.25) is 10.0 Å². The van der Waals surface area contributed by atoms with Gasteiger partial charge in [-0.15, -0.1) is 0 Å². The highest BCUT2D eigenvalue weighted by Gasteiger charge is 2.32. The van der Waals surface area contributed by atoms with Crippen molar-refractivity contribution in [2.45, 2.75) is 11.8 Å². The normalized spacial score (nSPS) is 12.3. The quantitative estimate of drug-likeness (QED) is 0.538. The molecular formula is C17H15Cl2N2O6PS. The van der Waals surface area contributed by atoms with Crippen molar-refractivity contribution >= 4 is 63.3 Å². The SMILES string of the molecule is CC(=O)n1ccc2cc(N(CP(=O)(O)O)S(=O)(=O)c3cc(Cl)cc(Cl)c3)ccc21. The maximum Gasteiger partial charge on any atom is 0.345 e. The van der Waals surface area contributed by atoms with Crippen LogP contribution in [-0.2, 0) is 14.6 Å². The molecule has 0 unspecified atom stereocenters. The van der Waals surface area contributed by atoms with E-state index in [1.165, 1.54) is 42.0 Å². The molecule has 0 amide bonds. The molecule has 0 radical (unpaired) electrons. The van der Waals surface area contributed by atoms with Crippen molar-refractivity contribution in [2.75, 3.05) is 10.6 Å². The van der Waals surface area contributed by atoms with Crippen LogP contribution >= 0.6 is 30.8 Å². The molecule has 0 aliphatic carbocycles. The summed E-state index contributed by atoms with van der Waals surface area (Å²) in [6.45, 7) is 1.38. The Kier molecular flexibility index (Phi) is 5.84. The zero-order chi connectivity index (χ0) is 21.6. The molecule has 12 heteroatoms. The van der Waals surface area contributed by atoms with Crippen LogP contribution in [0.15, 0.2) is 53.6 Å². The molecule has 3 aromatic rings. The number of carbonyl (C=O) groups is 1. The van der Waals surface area contributed by atoms with E-state index in [2.05, 4.69) is 0 Å². The lowest BCUT2D eigenvalue weighted by molar-refractivity contribution is 0.0941. The van der Waals surface area contributed by atoms with E-state index >= 15 is 0 Å². The monoisotopic (exact) mass is 476 g/mol. The Hall–Kier alpha value is -1.87. The molecule has 154 valence electrons. The molecule has 0 aliphatic rings. The maximum atomic E-state index is 13.2. The van der Waals surface area contributed by atoms with Crippen molar-refractivity contribution in [3.63, 3.8) is 0 Å². The van der Waals surface area contributed by atoms with Crippen LogP contribution in [0.4, 0.5) is 5.69 Å². The van der Waals surface area contributed by atoms with Crippen molar-refractivity contribution in [2.24, 2.45) is 0 Å². The van der Waals surface area contributed by atoms with Gasteiger partial charge in [0, 0.05) is 28.6 Å². The van der Waals surface area contributed by atoms with Gasteiger partial charge in [0.05, 0.1) is 16.1 Å². The first-order valence-electron chi connectivity index (χ1n) is 8.04. The molecule has 0 saturated heterocycles. The fraction of sp³-hybridized carbons (Fsp3) is 0.118. The minimum absolute atomic E-state index is 0.0122. The minimum atomic E-state index is -4.78. The number of fused-ring (bicyclic) bond motifs is 1. The van der Waals surface area contributed by atoms with E-state index in [0.29, 0.717) is 15.2 Å². The highest BCUT2D eigenvalue weighted by molar-refractivity contribution is 7.93. The molecule has 0 saturated carbocycles.